The van der Waals surface area contributed by atoms with Gasteiger partial charge in [-0.3, -0.25) is 4.79 Å². The van der Waals surface area contributed by atoms with Crippen molar-refractivity contribution >= 4 is 27.3 Å². The molecule has 8 heteroatoms. The third-order valence-corrected chi connectivity index (χ3v) is 8.35. The maximum atomic E-state index is 13.1. The average Bonchev–Trinajstić information content (AvgIpc) is 3.27. The average molecular weight is 449 g/mol. The molecular weight excluding hydrogens is 412 g/mol. The molecule has 1 aromatic rings. The number of carbonyl (C=O) groups excluding carboxylic acids is 1. The lowest BCUT2D eigenvalue weighted by Gasteiger charge is -2.36. The minimum Gasteiger partial charge on any atom is -0.367 e. The third kappa shape index (κ3) is 5.67. The summed E-state index contributed by atoms with van der Waals surface area (Å²) in [6.07, 6.45) is 6.66. The topological polar surface area (TPSA) is 73.0 Å². The highest BCUT2D eigenvalue weighted by molar-refractivity contribution is 7.89. The van der Waals surface area contributed by atoms with Crippen LogP contribution in [0.25, 0.3) is 0 Å². The van der Waals surface area contributed by atoms with Gasteiger partial charge in [0.15, 0.2) is 0 Å². The first-order valence-corrected chi connectivity index (χ1v) is 12.9. The molecule has 1 N–H and O–H groups in total. The van der Waals surface area contributed by atoms with Crippen LogP contribution in [0.4, 0.5) is 11.4 Å². The fourth-order valence-electron chi connectivity index (χ4n) is 4.37. The molecular formula is C23H36N4O3S. The number of piperazine rings is 1. The van der Waals surface area contributed by atoms with Crippen LogP contribution in [0.1, 0.15) is 40.0 Å². The summed E-state index contributed by atoms with van der Waals surface area (Å²) in [6, 6.07) is 5.16. The molecule has 1 heterocycles. The summed E-state index contributed by atoms with van der Waals surface area (Å²) in [5.74, 6) is 0.196. The summed E-state index contributed by atoms with van der Waals surface area (Å²) in [5.41, 5.74) is 1.48. The van der Waals surface area contributed by atoms with Gasteiger partial charge in [-0.1, -0.05) is 32.9 Å². The van der Waals surface area contributed by atoms with Crippen LogP contribution in [0, 0.1) is 5.92 Å². The van der Waals surface area contributed by atoms with Crippen molar-refractivity contribution < 1.29 is 13.2 Å². The molecule has 1 aromatic carbocycles. The molecule has 1 fully saturated rings. The van der Waals surface area contributed by atoms with Gasteiger partial charge in [-0.25, -0.2) is 8.42 Å². The maximum Gasteiger partial charge on any atom is 0.243 e. The number of sulfonamides is 1. The summed E-state index contributed by atoms with van der Waals surface area (Å²) in [7, 11) is -3.60. The molecule has 3 rings (SSSR count). The highest BCUT2D eigenvalue weighted by atomic mass is 32.2. The van der Waals surface area contributed by atoms with Crippen LogP contribution in [-0.4, -0.2) is 69.3 Å². The van der Waals surface area contributed by atoms with Crippen LogP contribution in [0.2, 0.25) is 0 Å². The van der Waals surface area contributed by atoms with Gasteiger partial charge in [0.1, 0.15) is 0 Å². The highest BCUT2D eigenvalue weighted by Crippen LogP contribution is 2.32. The molecule has 31 heavy (non-hydrogen) atoms. The molecule has 1 saturated heterocycles. The molecule has 0 saturated carbocycles. The molecule has 1 amide bonds. The Hall–Kier alpha value is -1.90. The molecule has 172 valence electrons. The van der Waals surface area contributed by atoms with E-state index in [-0.39, 0.29) is 16.7 Å². The third-order valence-electron chi connectivity index (χ3n) is 6.31. The lowest BCUT2D eigenvalue weighted by atomic mass is 10.0. The van der Waals surface area contributed by atoms with E-state index in [1.165, 1.54) is 4.31 Å². The molecule has 0 radical (unpaired) electrons. The maximum absolute atomic E-state index is 13.1. The standard InChI is InChI=1S/C23H36N4O3S/c1-4-25-13-15-26(16-14-25)22-12-11-20(31(29,30)27(5-2)6-3)18-21(22)24-23(28)17-19-9-7-8-10-19/h7,9,11-12,18-19H,4-6,8,10,13-17H2,1-3H3,(H,24,28). The van der Waals surface area contributed by atoms with Crippen molar-refractivity contribution in [1.29, 1.82) is 0 Å². The summed E-state index contributed by atoms with van der Waals surface area (Å²) >= 11 is 0. The SMILES string of the molecule is CCN1CCN(c2ccc(S(=O)(=O)N(CC)CC)cc2NC(=O)CC2C=CCC2)CC1. The minimum atomic E-state index is -3.60. The van der Waals surface area contributed by atoms with E-state index < -0.39 is 10.0 Å². The fraction of sp³-hybridized carbons (Fsp3) is 0.609. The molecule has 1 atom stereocenters. The number of hydrogen-bond donors (Lipinski definition) is 1. The predicted molar refractivity (Wildman–Crippen MR) is 126 cm³/mol. The van der Waals surface area contributed by atoms with Crippen LogP contribution in [0.3, 0.4) is 0 Å². The van der Waals surface area contributed by atoms with Crippen molar-refractivity contribution in [3.05, 3.63) is 30.4 Å². The van der Waals surface area contributed by atoms with E-state index in [9.17, 15) is 13.2 Å². The number of carbonyl (C=O) groups is 1. The highest BCUT2D eigenvalue weighted by Gasteiger charge is 2.26. The van der Waals surface area contributed by atoms with Gasteiger partial charge in [0.25, 0.3) is 0 Å². The monoisotopic (exact) mass is 448 g/mol. The molecule has 7 nitrogen and oxygen atoms in total. The number of anilines is 2. The summed E-state index contributed by atoms with van der Waals surface area (Å²) in [6.45, 7) is 11.3. The Kier molecular flexibility index (Phi) is 8.13. The van der Waals surface area contributed by atoms with E-state index in [0.29, 0.717) is 25.2 Å². The largest absolute Gasteiger partial charge is 0.367 e. The fourth-order valence-corrected chi connectivity index (χ4v) is 5.86. The first kappa shape index (κ1) is 23.8. The Balaban J connectivity index is 1.88. The second-order valence-corrected chi connectivity index (χ2v) is 10.1. The lowest BCUT2D eigenvalue weighted by Crippen LogP contribution is -2.46. The number of allylic oxidation sites excluding steroid dienone is 2. The van der Waals surface area contributed by atoms with E-state index in [0.717, 1.165) is 51.3 Å². The van der Waals surface area contributed by atoms with Gasteiger partial charge in [0, 0.05) is 45.7 Å². The van der Waals surface area contributed by atoms with Crippen LogP contribution in [0.15, 0.2) is 35.2 Å². The van der Waals surface area contributed by atoms with E-state index in [4.69, 9.17) is 0 Å². The van der Waals surface area contributed by atoms with Crippen molar-refractivity contribution in [1.82, 2.24) is 9.21 Å². The van der Waals surface area contributed by atoms with Crippen molar-refractivity contribution in [2.75, 3.05) is 56.0 Å². The quantitative estimate of drug-likeness (QED) is 0.588. The molecule has 1 aliphatic heterocycles. The number of nitrogens with one attached hydrogen (secondary N) is 1. The summed E-state index contributed by atoms with van der Waals surface area (Å²) in [5, 5.41) is 3.04. The van der Waals surface area contributed by atoms with Crippen LogP contribution in [-0.2, 0) is 14.8 Å². The Morgan fingerprint density at radius 1 is 1.13 bits per heavy atom. The molecule has 2 aliphatic rings. The van der Waals surface area contributed by atoms with Crippen LogP contribution in [0.5, 0.6) is 0 Å². The van der Waals surface area contributed by atoms with Gasteiger partial charge in [-0.2, -0.15) is 4.31 Å². The molecule has 1 unspecified atom stereocenters. The molecule has 0 spiro atoms. The van der Waals surface area contributed by atoms with E-state index >= 15 is 0 Å². The Morgan fingerprint density at radius 3 is 2.42 bits per heavy atom. The van der Waals surface area contributed by atoms with E-state index in [2.05, 4.69) is 34.2 Å². The van der Waals surface area contributed by atoms with Crippen LogP contribution < -0.4 is 10.2 Å². The smallest absolute Gasteiger partial charge is 0.243 e. The zero-order valence-electron chi connectivity index (χ0n) is 19.0. The second kappa shape index (κ2) is 10.6. The van der Waals surface area contributed by atoms with Gasteiger partial charge < -0.3 is 15.1 Å². The Labute approximate surface area is 187 Å². The normalized spacial score (nSPS) is 19.9. The van der Waals surface area contributed by atoms with Crippen molar-refractivity contribution in [2.45, 2.75) is 44.9 Å². The minimum absolute atomic E-state index is 0.0672. The first-order valence-electron chi connectivity index (χ1n) is 11.5. The number of rotatable bonds is 9. The molecule has 0 aromatic heterocycles. The van der Waals surface area contributed by atoms with Gasteiger partial charge in [0.05, 0.1) is 16.3 Å². The Bertz CT molecular complexity index is 888. The number of amides is 1. The second-order valence-electron chi connectivity index (χ2n) is 8.21. The number of likely N-dealkylation sites (N-methyl/N-ethyl adjacent to an activating group) is 1. The number of benzene rings is 1. The molecule has 0 bridgehead atoms. The Morgan fingerprint density at radius 2 is 1.84 bits per heavy atom. The van der Waals surface area contributed by atoms with E-state index in [1.807, 2.05) is 19.9 Å². The van der Waals surface area contributed by atoms with Gasteiger partial charge in [-0.15, -0.1) is 0 Å². The van der Waals surface area contributed by atoms with Crippen molar-refractivity contribution in [3.8, 4) is 0 Å². The van der Waals surface area contributed by atoms with Crippen LogP contribution >= 0.6 is 0 Å². The number of nitrogens with zero attached hydrogens (tertiary/aromatic N) is 3. The van der Waals surface area contributed by atoms with Crippen molar-refractivity contribution in [3.63, 3.8) is 0 Å². The van der Waals surface area contributed by atoms with Gasteiger partial charge in [0.2, 0.25) is 15.9 Å². The van der Waals surface area contributed by atoms with E-state index in [1.54, 1.807) is 12.1 Å². The predicted octanol–water partition coefficient (Wildman–Crippen LogP) is 3.15. The summed E-state index contributed by atoms with van der Waals surface area (Å²) < 4.78 is 27.6. The van der Waals surface area contributed by atoms with Crippen molar-refractivity contribution in [2.24, 2.45) is 5.92 Å². The first-order chi connectivity index (χ1) is 14.9. The molecule has 1 aliphatic carbocycles. The van der Waals surface area contributed by atoms with Gasteiger partial charge >= 0.3 is 0 Å². The zero-order chi connectivity index (χ0) is 22.4. The number of hydrogen-bond acceptors (Lipinski definition) is 5. The lowest BCUT2D eigenvalue weighted by molar-refractivity contribution is -0.116. The van der Waals surface area contributed by atoms with Gasteiger partial charge in [-0.05, 0) is 43.5 Å². The summed E-state index contributed by atoms with van der Waals surface area (Å²) in [4.78, 5) is 17.6. The zero-order valence-corrected chi connectivity index (χ0v) is 19.8.